The molecule has 3 aromatic rings. The smallest absolute Gasteiger partial charge is 0.225 e. The Bertz CT molecular complexity index is 820. The molecular formula is C15H18N8. The van der Waals surface area contributed by atoms with Crippen molar-refractivity contribution in [2.24, 2.45) is 7.05 Å². The van der Waals surface area contributed by atoms with Crippen LogP contribution in [0.4, 0.5) is 11.8 Å². The van der Waals surface area contributed by atoms with E-state index in [1.165, 1.54) is 0 Å². The average molecular weight is 310 g/mol. The Balaban J connectivity index is 1.60. The number of hydrogen-bond acceptors (Lipinski definition) is 7. The third-order valence-electron chi connectivity index (χ3n) is 4.19. The van der Waals surface area contributed by atoms with Gasteiger partial charge < -0.3 is 9.80 Å². The van der Waals surface area contributed by atoms with Gasteiger partial charge in [0.2, 0.25) is 5.95 Å². The van der Waals surface area contributed by atoms with Crippen molar-refractivity contribution in [2.45, 2.75) is 6.92 Å². The molecule has 0 amide bonds. The highest BCUT2D eigenvalue weighted by Gasteiger charge is 2.23. The zero-order valence-corrected chi connectivity index (χ0v) is 13.2. The Morgan fingerprint density at radius 3 is 2.35 bits per heavy atom. The molecule has 0 aromatic carbocycles. The molecule has 1 aliphatic rings. The van der Waals surface area contributed by atoms with Crippen LogP contribution >= 0.6 is 0 Å². The van der Waals surface area contributed by atoms with Gasteiger partial charge in [0.25, 0.3) is 0 Å². The minimum atomic E-state index is 0.789. The Kier molecular flexibility index (Phi) is 3.29. The molecule has 0 N–H and O–H groups in total. The molecule has 0 atom stereocenters. The van der Waals surface area contributed by atoms with Crippen LogP contribution in [0, 0.1) is 6.92 Å². The number of piperazine rings is 1. The lowest BCUT2D eigenvalue weighted by molar-refractivity contribution is 0.635. The molecule has 1 fully saturated rings. The van der Waals surface area contributed by atoms with Crippen LogP contribution in [-0.2, 0) is 7.05 Å². The molecule has 4 heterocycles. The molecule has 0 saturated carbocycles. The van der Waals surface area contributed by atoms with Gasteiger partial charge in [-0.2, -0.15) is 5.10 Å². The number of nitrogens with zero attached hydrogens (tertiary/aromatic N) is 8. The molecule has 0 aliphatic carbocycles. The van der Waals surface area contributed by atoms with Crippen LogP contribution in [0.25, 0.3) is 11.0 Å². The largest absolute Gasteiger partial charge is 0.352 e. The monoisotopic (exact) mass is 310 g/mol. The van der Waals surface area contributed by atoms with Gasteiger partial charge in [-0.05, 0) is 13.0 Å². The lowest BCUT2D eigenvalue weighted by Crippen LogP contribution is -2.47. The minimum absolute atomic E-state index is 0.789. The van der Waals surface area contributed by atoms with Crippen molar-refractivity contribution in [2.75, 3.05) is 36.0 Å². The Labute approximate surface area is 133 Å². The second-order valence-corrected chi connectivity index (χ2v) is 5.63. The first-order valence-electron chi connectivity index (χ1n) is 7.65. The van der Waals surface area contributed by atoms with Crippen molar-refractivity contribution in [3.05, 3.63) is 30.5 Å². The fourth-order valence-electron chi connectivity index (χ4n) is 3.07. The van der Waals surface area contributed by atoms with Gasteiger partial charge in [0, 0.05) is 45.6 Å². The maximum atomic E-state index is 4.51. The molecule has 4 rings (SSSR count). The quantitative estimate of drug-likeness (QED) is 0.692. The molecule has 118 valence electrons. The summed E-state index contributed by atoms with van der Waals surface area (Å²) in [6.45, 7) is 5.49. The molecule has 0 radical (unpaired) electrons. The summed E-state index contributed by atoms with van der Waals surface area (Å²) in [5.41, 5.74) is 1.84. The fourth-order valence-corrected chi connectivity index (χ4v) is 3.07. The number of fused-ring (bicyclic) bond motifs is 1. The third-order valence-corrected chi connectivity index (χ3v) is 4.19. The number of aryl methyl sites for hydroxylation is 2. The summed E-state index contributed by atoms with van der Waals surface area (Å²) in [5, 5.41) is 5.51. The van der Waals surface area contributed by atoms with E-state index < -0.39 is 0 Å². The predicted octanol–water partition coefficient (Wildman–Crippen LogP) is 0.788. The first kappa shape index (κ1) is 13.9. The van der Waals surface area contributed by atoms with Crippen molar-refractivity contribution in [1.29, 1.82) is 0 Å². The van der Waals surface area contributed by atoms with Crippen LogP contribution in [0.2, 0.25) is 0 Å². The fraction of sp³-hybridized carbons (Fsp3) is 0.400. The van der Waals surface area contributed by atoms with Crippen molar-refractivity contribution < 1.29 is 0 Å². The first-order valence-corrected chi connectivity index (χ1v) is 7.65. The Hall–Kier alpha value is -2.77. The summed E-state index contributed by atoms with van der Waals surface area (Å²) in [6.07, 6.45) is 5.18. The molecule has 1 saturated heterocycles. The van der Waals surface area contributed by atoms with Gasteiger partial charge in [-0.25, -0.2) is 19.9 Å². The van der Waals surface area contributed by atoms with Gasteiger partial charge in [-0.1, -0.05) is 0 Å². The number of anilines is 2. The number of aromatic nitrogens is 6. The summed E-state index contributed by atoms with van der Waals surface area (Å²) >= 11 is 0. The van der Waals surface area contributed by atoms with Gasteiger partial charge in [0.1, 0.15) is 12.1 Å². The molecule has 8 nitrogen and oxygen atoms in total. The van der Waals surface area contributed by atoms with Crippen molar-refractivity contribution in [3.63, 3.8) is 0 Å². The van der Waals surface area contributed by atoms with E-state index >= 15 is 0 Å². The number of rotatable bonds is 2. The van der Waals surface area contributed by atoms with Gasteiger partial charge in [0.15, 0.2) is 5.65 Å². The zero-order valence-electron chi connectivity index (χ0n) is 13.2. The van der Waals surface area contributed by atoms with Gasteiger partial charge in [0.05, 0.1) is 11.1 Å². The molecule has 8 heteroatoms. The maximum Gasteiger partial charge on any atom is 0.225 e. The first-order chi connectivity index (χ1) is 11.2. The number of hydrogen-bond donors (Lipinski definition) is 0. The molecule has 0 unspecified atom stereocenters. The highest BCUT2D eigenvalue weighted by molar-refractivity contribution is 5.89. The summed E-state index contributed by atoms with van der Waals surface area (Å²) in [4.78, 5) is 22.0. The topological polar surface area (TPSA) is 75.9 Å². The van der Waals surface area contributed by atoms with E-state index in [0.29, 0.717) is 0 Å². The van der Waals surface area contributed by atoms with Crippen molar-refractivity contribution >= 4 is 22.8 Å². The summed E-state index contributed by atoms with van der Waals surface area (Å²) in [5.74, 6) is 1.76. The molecule has 0 spiro atoms. The standard InChI is InChI=1S/C15H18N8/c1-11-12-13(21(2)20-11)18-10-19-14(12)22-6-8-23(9-7-22)15-16-4-3-5-17-15/h3-5,10H,6-9H2,1-2H3. The van der Waals surface area contributed by atoms with Gasteiger partial charge >= 0.3 is 0 Å². The minimum Gasteiger partial charge on any atom is -0.352 e. The SMILES string of the molecule is Cc1nn(C)c2ncnc(N3CCN(c4ncccn4)CC3)c12. The predicted molar refractivity (Wildman–Crippen MR) is 87.5 cm³/mol. The van der Waals surface area contributed by atoms with Crippen LogP contribution in [-0.4, -0.2) is 55.9 Å². The van der Waals surface area contributed by atoms with Crippen molar-refractivity contribution in [3.8, 4) is 0 Å². The van der Waals surface area contributed by atoms with E-state index in [1.807, 2.05) is 24.7 Å². The zero-order chi connectivity index (χ0) is 15.8. The second kappa shape index (κ2) is 5.45. The molecular weight excluding hydrogens is 292 g/mol. The van der Waals surface area contributed by atoms with Gasteiger partial charge in [-0.3, -0.25) is 4.68 Å². The van der Waals surface area contributed by atoms with E-state index in [9.17, 15) is 0 Å². The summed E-state index contributed by atoms with van der Waals surface area (Å²) in [6, 6.07) is 1.84. The Morgan fingerprint density at radius 1 is 0.913 bits per heavy atom. The molecule has 1 aliphatic heterocycles. The van der Waals surface area contributed by atoms with E-state index in [0.717, 1.165) is 54.7 Å². The molecule has 23 heavy (non-hydrogen) atoms. The maximum absolute atomic E-state index is 4.51. The van der Waals surface area contributed by atoms with Crippen molar-refractivity contribution in [1.82, 2.24) is 29.7 Å². The van der Waals surface area contributed by atoms with Crippen LogP contribution in [0.3, 0.4) is 0 Å². The van der Waals surface area contributed by atoms with Gasteiger partial charge in [-0.15, -0.1) is 0 Å². The van der Waals surface area contributed by atoms with E-state index in [1.54, 1.807) is 18.7 Å². The van der Waals surface area contributed by atoms with Crippen LogP contribution in [0.15, 0.2) is 24.8 Å². The molecule has 3 aromatic heterocycles. The highest BCUT2D eigenvalue weighted by Crippen LogP contribution is 2.26. The Morgan fingerprint density at radius 2 is 1.61 bits per heavy atom. The highest BCUT2D eigenvalue weighted by atomic mass is 15.3. The van der Waals surface area contributed by atoms with E-state index in [2.05, 4.69) is 34.8 Å². The third kappa shape index (κ3) is 2.36. The lowest BCUT2D eigenvalue weighted by Gasteiger charge is -2.35. The average Bonchev–Trinajstić information content (AvgIpc) is 2.90. The summed E-state index contributed by atoms with van der Waals surface area (Å²) < 4.78 is 1.81. The normalized spacial score (nSPS) is 15.4. The molecule has 0 bridgehead atoms. The van der Waals surface area contributed by atoms with Crippen LogP contribution < -0.4 is 9.80 Å². The van der Waals surface area contributed by atoms with Crippen LogP contribution in [0.5, 0.6) is 0 Å². The van der Waals surface area contributed by atoms with E-state index in [-0.39, 0.29) is 0 Å². The van der Waals surface area contributed by atoms with Crippen LogP contribution in [0.1, 0.15) is 5.69 Å². The lowest BCUT2D eigenvalue weighted by atomic mass is 10.2. The summed E-state index contributed by atoms with van der Waals surface area (Å²) in [7, 11) is 1.91. The van der Waals surface area contributed by atoms with E-state index in [4.69, 9.17) is 0 Å². The second-order valence-electron chi connectivity index (χ2n) is 5.63.